The second-order valence-corrected chi connectivity index (χ2v) is 7.18. The fraction of sp³-hybridized carbons (Fsp3) is 0.200. The highest BCUT2D eigenvalue weighted by Gasteiger charge is 2.37. The Morgan fingerprint density at radius 3 is 2.52 bits per heavy atom. The lowest BCUT2D eigenvalue weighted by molar-refractivity contribution is 0.412. The number of rotatable bonds is 1. The van der Waals surface area contributed by atoms with E-state index in [4.69, 9.17) is 27.9 Å². The lowest BCUT2D eigenvalue weighted by atomic mass is 9.82. The molecule has 0 aromatic heterocycles. The van der Waals surface area contributed by atoms with Crippen LogP contribution in [0.15, 0.2) is 30.3 Å². The maximum Gasteiger partial charge on any atom is 0.127 e. The van der Waals surface area contributed by atoms with E-state index in [0.717, 1.165) is 22.1 Å². The Hall–Kier alpha value is -1.70. The van der Waals surface area contributed by atoms with Crippen molar-refractivity contribution >= 4 is 34.0 Å². The van der Waals surface area contributed by atoms with Gasteiger partial charge in [-0.2, -0.15) is 0 Å². The van der Waals surface area contributed by atoms with E-state index in [2.05, 4.69) is 32.0 Å². The molecule has 0 heterocycles. The summed E-state index contributed by atoms with van der Waals surface area (Å²) in [7, 11) is 1.66. The average Bonchev–Trinajstić information content (AvgIpc) is 2.75. The van der Waals surface area contributed by atoms with Crippen LogP contribution in [0.4, 0.5) is 0 Å². The lowest BCUT2D eigenvalue weighted by Crippen LogP contribution is -2.15. The minimum Gasteiger partial charge on any atom is -0.496 e. The molecule has 0 unspecified atom stereocenters. The number of ether oxygens (including phenoxy) is 1. The fourth-order valence-corrected chi connectivity index (χ4v) is 4.07. The van der Waals surface area contributed by atoms with Crippen molar-refractivity contribution in [2.45, 2.75) is 19.3 Å². The molecule has 23 heavy (non-hydrogen) atoms. The molecule has 0 amide bonds. The van der Waals surface area contributed by atoms with Crippen LogP contribution < -0.4 is 4.74 Å². The number of hydrogen-bond acceptors (Lipinski definition) is 1. The Balaban J connectivity index is 2.15. The topological polar surface area (TPSA) is 9.23 Å². The highest BCUT2D eigenvalue weighted by Crippen LogP contribution is 2.52. The van der Waals surface area contributed by atoms with Crippen LogP contribution in [0.2, 0.25) is 10.0 Å². The van der Waals surface area contributed by atoms with E-state index in [0.29, 0.717) is 10.0 Å². The predicted octanol–water partition coefficient (Wildman–Crippen LogP) is 6.06. The number of fused-ring (bicyclic) bond motifs is 5. The van der Waals surface area contributed by atoms with E-state index in [1.54, 1.807) is 13.2 Å². The van der Waals surface area contributed by atoms with Crippen molar-refractivity contribution in [3.63, 3.8) is 0 Å². The van der Waals surface area contributed by atoms with Crippen LogP contribution in [0.3, 0.4) is 0 Å². The van der Waals surface area contributed by atoms with Crippen molar-refractivity contribution < 1.29 is 4.74 Å². The van der Waals surface area contributed by atoms with E-state index < -0.39 is 0 Å². The van der Waals surface area contributed by atoms with Crippen LogP contribution in [-0.2, 0) is 5.41 Å². The minimum absolute atomic E-state index is 0.132. The van der Waals surface area contributed by atoms with E-state index in [1.165, 1.54) is 16.7 Å². The summed E-state index contributed by atoms with van der Waals surface area (Å²) in [5.41, 5.74) is 4.64. The number of methoxy groups -OCH3 is 1. The van der Waals surface area contributed by atoms with Crippen LogP contribution in [0.25, 0.3) is 21.9 Å². The molecule has 1 nitrogen and oxygen atoms in total. The van der Waals surface area contributed by atoms with Gasteiger partial charge in [0.25, 0.3) is 0 Å². The number of halogens is 2. The molecule has 0 bridgehead atoms. The summed E-state index contributed by atoms with van der Waals surface area (Å²) in [6.07, 6.45) is 0. The average molecular weight is 341 g/mol. The van der Waals surface area contributed by atoms with Crippen LogP contribution in [0, 0.1) is 12.1 Å². The third-order valence-electron chi connectivity index (χ3n) is 4.71. The summed E-state index contributed by atoms with van der Waals surface area (Å²) < 4.78 is 5.35. The van der Waals surface area contributed by atoms with Crippen molar-refractivity contribution in [1.82, 2.24) is 0 Å². The summed E-state index contributed by atoms with van der Waals surface area (Å²) in [6.45, 7) is 4.42. The Kier molecular flexibility index (Phi) is 3.16. The molecule has 114 valence electrons. The van der Waals surface area contributed by atoms with Gasteiger partial charge in [0.1, 0.15) is 5.75 Å². The van der Waals surface area contributed by atoms with Crippen LogP contribution in [0.5, 0.6) is 5.75 Å². The van der Waals surface area contributed by atoms with Gasteiger partial charge in [-0.1, -0.05) is 37.0 Å². The second-order valence-electron chi connectivity index (χ2n) is 6.34. The van der Waals surface area contributed by atoms with Gasteiger partial charge in [-0.05, 0) is 64.0 Å². The fourth-order valence-electron chi connectivity index (χ4n) is 3.52. The monoisotopic (exact) mass is 340 g/mol. The van der Waals surface area contributed by atoms with Crippen molar-refractivity contribution in [3.05, 3.63) is 63.6 Å². The van der Waals surface area contributed by atoms with Gasteiger partial charge in [0.15, 0.2) is 0 Å². The largest absolute Gasteiger partial charge is 0.496 e. The van der Waals surface area contributed by atoms with Gasteiger partial charge in [0, 0.05) is 21.9 Å². The molecular formula is C20H14Cl2O. The van der Waals surface area contributed by atoms with Gasteiger partial charge >= 0.3 is 0 Å². The molecule has 3 aromatic rings. The van der Waals surface area contributed by atoms with E-state index in [-0.39, 0.29) is 5.41 Å². The first kappa shape index (κ1) is 14.9. The predicted molar refractivity (Wildman–Crippen MR) is 95.8 cm³/mol. The molecule has 4 rings (SSSR count). The first-order chi connectivity index (χ1) is 10.9. The van der Waals surface area contributed by atoms with E-state index in [1.807, 2.05) is 18.2 Å². The van der Waals surface area contributed by atoms with Gasteiger partial charge in [-0.3, -0.25) is 0 Å². The number of benzene rings is 3. The van der Waals surface area contributed by atoms with Gasteiger partial charge in [0.05, 0.1) is 12.1 Å². The van der Waals surface area contributed by atoms with Gasteiger partial charge < -0.3 is 4.74 Å². The molecule has 1 aliphatic rings. The third-order valence-corrected chi connectivity index (χ3v) is 5.23. The third kappa shape index (κ3) is 2.00. The Bertz CT molecular complexity index is 958. The van der Waals surface area contributed by atoms with Crippen molar-refractivity contribution in [2.75, 3.05) is 7.11 Å². The smallest absolute Gasteiger partial charge is 0.127 e. The molecule has 0 spiro atoms. The summed E-state index contributed by atoms with van der Waals surface area (Å²) in [6, 6.07) is 16.4. The Morgan fingerprint density at radius 1 is 1.00 bits per heavy atom. The van der Waals surface area contributed by atoms with Crippen molar-refractivity contribution in [1.29, 1.82) is 0 Å². The molecular weight excluding hydrogens is 327 g/mol. The molecule has 0 aliphatic heterocycles. The molecule has 3 aromatic carbocycles. The number of hydrogen-bond donors (Lipinski definition) is 0. The van der Waals surface area contributed by atoms with Gasteiger partial charge in [-0.15, -0.1) is 0 Å². The molecule has 3 heteroatoms. The maximum absolute atomic E-state index is 6.37. The molecule has 0 atom stereocenters. The van der Waals surface area contributed by atoms with E-state index >= 15 is 0 Å². The Labute approximate surface area is 145 Å². The zero-order valence-electron chi connectivity index (χ0n) is 13.1. The quantitative estimate of drug-likeness (QED) is 0.523. The summed E-state index contributed by atoms with van der Waals surface area (Å²) in [5, 5.41) is 3.19. The summed E-state index contributed by atoms with van der Waals surface area (Å²) >= 11 is 12.6. The van der Waals surface area contributed by atoms with Crippen molar-refractivity contribution in [3.8, 4) is 16.9 Å². The second kappa shape index (κ2) is 4.90. The highest BCUT2D eigenvalue weighted by atomic mass is 35.5. The molecule has 0 saturated heterocycles. The zero-order valence-corrected chi connectivity index (χ0v) is 14.6. The van der Waals surface area contributed by atoms with Crippen LogP contribution in [0.1, 0.15) is 25.0 Å². The summed E-state index contributed by atoms with van der Waals surface area (Å²) in [4.78, 5) is 0. The van der Waals surface area contributed by atoms with Gasteiger partial charge in [-0.25, -0.2) is 0 Å². The van der Waals surface area contributed by atoms with Gasteiger partial charge in [0.2, 0.25) is 0 Å². The van der Waals surface area contributed by atoms with E-state index in [9.17, 15) is 0 Å². The normalized spacial score (nSPS) is 14.7. The highest BCUT2D eigenvalue weighted by molar-refractivity contribution is 6.39. The van der Waals surface area contributed by atoms with Crippen molar-refractivity contribution in [2.24, 2.45) is 0 Å². The lowest BCUT2D eigenvalue weighted by Gasteiger charge is -2.21. The standard InChI is InChI=1S/C20H14Cl2O/c1-20(2)16-7-6-13-15(8-11(21)9-18(13)22)19(16)14-5-4-12(23-3)10-17(14)20/h5,7-10H,1-3H3. The van der Waals surface area contributed by atoms with Crippen LogP contribution >= 0.6 is 23.2 Å². The zero-order chi connectivity index (χ0) is 16.4. The maximum atomic E-state index is 6.37. The summed E-state index contributed by atoms with van der Waals surface area (Å²) in [5.74, 6) is 0.744. The molecule has 2 radical (unpaired) electrons. The molecule has 0 fully saturated rings. The Morgan fingerprint density at radius 2 is 1.78 bits per heavy atom. The van der Waals surface area contributed by atoms with Crippen LogP contribution in [-0.4, -0.2) is 7.11 Å². The minimum atomic E-state index is -0.132. The SMILES string of the molecule is COc1[c]cc2c(c1)C(C)(C)c1c[c]c3c(Cl)cc(Cl)cc3c1-2. The molecule has 0 saturated carbocycles. The first-order valence-corrected chi connectivity index (χ1v) is 8.13. The molecule has 1 aliphatic carbocycles. The molecule has 0 N–H and O–H groups in total. The first-order valence-electron chi connectivity index (χ1n) is 7.38.